The third-order valence-electron chi connectivity index (χ3n) is 3.56. The molecule has 0 heterocycles. The monoisotopic (exact) mass is 284 g/mol. The van der Waals surface area contributed by atoms with Crippen LogP contribution in [0.5, 0.6) is 11.5 Å². The minimum absolute atomic E-state index is 0.0410. The summed E-state index contributed by atoms with van der Waals surface area (Å²) in [6.07, 6.45) is 0. The molecule has 0 bridgehead atoms. The number of benzene rings is 2. The van der Waals surface area contributed by atoms with E-state index in [0.29, 0.717) is 17.1 Å². The smallest absolute Gasteiger partial charge is 0.197 e. The van der Waals surface area contributed by atoms with Crippen molar-refractivity contribution in [1.82, 2.24) is 0 Å². The van der Waals surface area contributed by atoms with Crippen molar-refractivity contribution in [2.75, 3.05) is 14.2 Å². The molecular formula is C18H20O3. The first-order valence-electron chi connectivity index (χ1n) is 6.82. The highest BCUT2D eigenvalue weighted by molar-refractivity contribution is 6.12. The van der Waals surface area contributed by atoms with Gasteiger partial charge in [-0.05, 0) is 50.1 Å². The SMILES string of the molecule is COc1ccc(OC)c(C(=O)c2c(C)cc(C)cc2C)c1. The Morgan fingerprint density at radius 3 is 2.05 bits per heavy atom. The van der Waals surface area contributed by atoms with Gasteiger partial charge in [0, 0.05) is 5.56 Å². The van der Waals surface area contributed by atoms with E-state index in [-0.39, 0.29) is 5.78 Å². The van der Waals surface area contributed by atoms with Gasteiger partial charge >= 0.3 is 0 Å². The van der Waals surface area contributed by atoms with Gasteiger partial charge in [0.2, 0.25) is 0 Å². The third kappa shape index (κ3) is 2.92. The van der Waals surface area contributed by atoms with Crippen LogP contribution in [0.1, 0.15) is 32.6 Å². The van der Waals surface area contributed by atoms with Crippen molar-refractivity contribution in [1.29, 1.82) is 0 Å². The lowest BCUT2D eigenvalue weighted by molar-refractivity contribution is 0.103. The Labute approximate surface area is 125 Å². The maximum Gasteiger partial charge on any atom is 0.197 e. The number of carbonyl (C=O) groups excluding carboxylic acids is 1. The van der Waals surface area contributed by atoms with Crippen LogP contribution in [0, 0.1) is 20.8 Å². The van der Waals surface area contributed by atoms with E-state index in [9.17, 15) is 4.79 Å². The van der Waals surface area contributed by atoms with Crippen LogP contribution in [0.15, 0.2) is 30.3 Å². The molecule has 0 saturated carbocycles. The van der Waals surface area contributed by atoms with Crippen LogP contribution >= 0.6 is 0 Å². The van der Waals surface area contributed by atoms with Gasteiger partial charge in [-0.15, -0.1) is 0 Å². The minimum atomic E-state index is -0.0410. The van der Waals surface area contributed by atoms with E-state index in [0.717, 1.165) is 22.3 Å². The molecule has 0 atom stereocenters. The summed E-state index contributed by atoms with van der Waals surface area (Å²) in [5, 5.41) is 0. The Hall–Kier alpha value is -2.29. The van der Waals surface area contributed by atoms with E-state index in [4.69, 9.17) is 9.47 Å². The zero-order valence-electron chi connectivity index (χ0n) is 13.1. The number of methoxy groups -OCH3 is 2. The Bertz CT molecular complexity index is 664. The summed E-state index contributed by atoms with van der Waals surface area (Å²) < 4.78 is 10.5. The van der Waals surface area contributed by atoms with Crippen LogP contribution in [-0.2, 0) is 0 Å². The summed E-state index contributed by atoms with van der Waals surface area (Å²) in [6, 6.07) is 9.30. The van der Waals surface area contributed by atoms with Gasteiger partial charge in [-0.2, -0.15) is 0 Å². The van der Waals surface area contributed by atoms with Crippen molar-refractivity contribution in [3.63, 3.8) is 0 Å². The molecule has 0 unspecified atom stereocenters. The summed E-state index contributed by atoms with van der Waals surface area (Å²) in [6.45, 7) is 5.94. The molecule has 0 fully saturated rings. The van der Waals surface area contributed by atoms with Crippen LogP contribution < -0.4 is 9.47 Å². The second-order valence-electron chi connectivity index (χ2n) is 5.17. The van der Waals surface area contributed by atoms with Gasteiger partial charge in [0.05, 0.1) is 19.8 Å². The van der Waals surface area contributed by atoms with Crippen molar-refractivity contribution in [3.05, 3.63) is 58.1 Å². The lowest BCUT2D eigenvalue weighted by Gasteiger charge is -2.13. The van der Waals surface area contributed by atoms with E-state index in [1.165, 1.54) is 0 Å². The number of aryl methyl sites for hydroxylation is 3. The number of hydrogen-bond acceptors (Lipinski definition) is 3. The molecule has 0 aliphatic carbocycles. The summed E-state index contributed by atoms with van der Waals surface area (Å²) in [7, 11) is 3.14. The molecule has 0 spiro atoms. The van der Waals surface area contributed by atoms with Gasteiger partial charge in [0.25, 0.3) is 0 Å². The Kier molecular flexibility index (Phi) is 4.32. The molecule has 3 heteroatoms. The summed E-state index contributed by atoms with van der Waals surface area (Å²) in [5.74, 6) is 1.16. The van der Waals surface area contributed by atoms with Crippen molar-refractivity contribution in [3.8, 4) is 11.5 Å². The van der Waals surface area contributed by atoms with Gasteiger partial charge in [0.1, 0.15) is 11.5 Å². The first-order chi connectivity index (χ1) is 9.97. The lowest BCUT2D eigenvalue weighted by Crippen LogP contribution is -2.09. The highest BCUT2D eigenvalue weighted by Crippen LogP contribution is 2.28. The molecule has 3 nitrogen and oxygen atoms in total. The highest BCUT2D eigenvalue weighted by atomic mass is 16.5. The topological polar surface area (TPSA) is 35.5 Å². The molecule has 2 aromatic carbocycles. The molecule has 0 radical (unpaired) electrons. The summed E-state index contributed by atoms with van der Waals surface area (Å²) in [4.78, 5) is 12.9. The van der Waals surface area contributed by atoms with E-state index in [2.05, 4.69) is 0 Å². The third-order valence-corrected chi connectivity index (χ3v) is 3.56. The van der Waals surface area contributed by atoms with Gasteiger partial charge in [-0.1, -0.05) is 17.7 Å². The molecule has 0 aromatic heterocycles. The zero-order valence-corrected chi connectivity index (χ0v) is 13.1. The van der Waals surface area contributed by atoms with Crippen molar-refractivity contribution in [2.24, 2.45) is 0 Å². The zero-order chi connectivity index (χ0) is 15.6. The number of hydrogen-bond donors (Lipinski definition) is 0. The van der Waals surface area contributed by atoms with Crippen LogP contribution in [-0.4, -0.2) is 20.0 Å². The fourth-order valence-corrected chi connectivity index (χ4v) is 2.66. The van der Waals surface area contributed by atoms with Crippen molar-refractivity contribution >= 4 is 5.78 Å². The van der Waals surface area contributed by atoms with Crippen LogP contribution in [0.4, 0.5) is 0 Å². The number of rotatable bonds is 4. The molecule has 0 aliphatic heterocycles. The van der Waals surface area contributed by atoms with Gasteiger partial charge in [0.15, 0.2) is 5.78 Å². The molecule has 0 amide bonds. The van der Waals surface area contributed by atoms with Crippen molar-refractivity contribution < 1.29 is 14.3 Å². The first kappa shape index (κ1) is 15.1. The average molecular weight is 284 g/mol. The number of carbonyl (C=O) groups is 1. The minimum Gasteiger partial charge on any atom is -0.497 e. The fourth-order valence-electron chi connectivity index (χ4n) is 2.66. The van der Waals surface area contributed by atoms with E-state index in [1.54, 1.807) is 32.4 Å². The molecule has 2 aromatic rings. The van der Waals surface area contributed by atoms with Crippen molar-refractivity contribution in [2.45, 2.75) is 20.8 Å². The molecular weight excluding hydrogens is 264 g/mol. The van der Waals surface area contributed by atoms with Crippen LogP contribution in [0.2, 0.25) is 0 Å². The normalized spacial score (nSPS) is 10.3. The quantitative estimate of drug-likeness (QED) is 0.800. The van der Waals surface area contributed by atoms with E-state index in [1.807, 2.05) is 32.9 Å². The molecule has 0 N–H and O–H groups in total. The molecule has 21 heavy (non-hydrogen) atoms. The number of ketones is 1. The Morgan fingerprint density at radius 1 is 0.905 bits per heavy atom. The fraction of sp³-hybridized carbons (Fsp3) is 0.278. The maximum atomic E-state index is 12.9. The maximum absolute atomic E-state index is 12.9. The Balaban J connectivity index is 2.59. The van der Waals surface area contributed by atoms with Gasteiger partial charge in [-0.25, -0.2) is 0 Å². The predicted octanol–water partition coefficient (Wildman–Crippen LogP) is 3.86. The molecule has 0 saturated heterocycles. The summed E-state index contributed by atoms with van der Waals surface area (Å²) >= 11 is 0. The van der Waals surface area contributed by atoms with Crippen LogP contribution in [0.3, 0.4) is 0 Å². The second-order valence-corrected chi connectivity index (χ2v) is 5.17. The van der Waals surface area contributed by atoms with Gasteiger partial charge < -0.3 is 9.47 Å². The Morgan fingerprint density at radius 2 is 1.52 bits per heavy atom. The first-order valence-corrected chi connectivity index (χ1v) is 6.82. The van der Waals surface area contributed by atoms with Crippen LogP contribution in [0.25, 0.3) is 0 Å². The second kappa shape index (κ2) is 6.00. The standard InChI is InChI=1S/C18H20O3/c1-11-8-12(2)17(13(3)9-11)18(19)15-10-14(20-4)6-7-16(15)21-5/h6-10H,1-5H3. The van der Waals surface area contributed by atoms with Gasteiger partial charge in [-0.3, -0.25) is 4.79 Å². The molecule has 0 aliphatic rings. The lowest BCUT2D eigenvalue weighted by atomic mass is 9.92. The largest absolute Gasteiger partial charge is 0.497 e. The van der Waals surface area contributed by atoms with E-state index < -0.39 is 0 Å². The average Bonchev–Trinajstić information content (AvgIpc) is 2.45. The molecule has 2 rings (SSSR count). The predicted molar refractivity (Wildman–Crippen MR) is 83.6 cm³/mol. The van der Waals surface area contributed by atoms with E-state index >= 15 is 0 Å². The highest BCUT2D eigenvalue weighted by Gasteiger charge is 2.19. The summed E-state index contributed by atoms with van der Waals surface area (Å²) in [5.41, 5.74) is 4.35. The molecule has 110 valence electrons. The number of ether oxygens (including phenoxy) is 2.